The van der Waals surface area contributed by atoms with Crippen LogP contribution in [0.25, 0.3) is 11.0 Å². The second-order valence-electron chi connectivity index (χ2n) is 9.93. The van der Waals surface area contributed by atoms with Gasteiger partial charge in [0.2, 0.25) is 0 Å². The number of imidazole rings is 1. The van der Waals surface area contributed by atoms with Crippen molar-refractivity contribution in [2.75, 3.05) is 33.9 Å². The Balaban J connectivity index is 1.14. The number of fused-ring (bicyclic) bond motifs is 2. The number of methoxy groups -OCH3 is 2. The normalized spacial score (nSPS) is 16.0. The minimum atomic E-state index is -0.196. The molecule has 0 bridgehead atoms. The zero-order valence-corrected chi connectivity index (χ0v) is 21.9. The summed E-state index contributed by atoms with van der Waals surface area (Å²) >= 11 is 0. The monoisotopic (exact) mass is 530 g/mol. The zero-order chi connectivity index (χ0) is 27.1. The number of benzene rings is 2. The molecular formula is C28H30N6O5. The van der Waals surface area contributed by atoms with Crippen molar-refractivity contribution in [3.8, 4) is 11.5 Å². The van der Waals surface area contributed by atoms with E-state index in [-0.39, 0.29) is 29.2 Å². The van der Waals surface area contributed by atoms with Crippen LogP contribution in [0.5, 0.6) is 11.5 Å². The maximum absolute atomic E-state index is 13.3. The second-order valence-corrected chi connectivity index (χ2v) is 9.93. The first-order valence-electron chi connectivity index (χ1n) is 13.0. The average molecular weight is 531 g/mol. The van der Waals surface area contributed by atoms with Crippen molar-refractivity contribution in [2.24, 2.45) is 0 Å². The van der Waals surface area contributed by atoms with E-state index in [4.69, 9.17) is 9.47 Å². The first-order valence-corrected chi connectivity index (χ1v) is 13.0. The molecule has 2 aromatic heterocycles. The van der Waals surface area contributed by atoms with Gasteiger partial charge in [0.25, 0.3) is 11.8 Å². The third-order valence-corrected chi connectivity index (χ3v) is 7.61. The number of H-pyrrole nitrogens is 1. The summed E-state index contributed by atoms with van der Waals surface area (Å²) in [5.41, 5.74) is 3.13. The molecule has 6 rings (SSSR count). The molecule has 39 heavy (non-hydrogen) atoms. The quantitative estimate of drug-likeness (QED) is 0.410. The Bertz CT molecular complexity index is 1590. The van der Waals surface area contributed by atoms with E-state index in [1.165, 1.54) is 0 Å². The molecule has 2 aliphatic rings. The van der Waals surface area contributed by atoms with Gasteiger partial charge in [-0.2, -0.15) is 5.10 Å². The van der Waals surface area contributed by atoms with E-state index in [9.17, 15) is 14.4 Å². The molecule has 202 valence electrons. The number of ether oxygens (including phenoxy) is 2. The summed E-state index contributed by atoms with van der Waals surface area (Å²) in [6, 6.07) is 14.8. The molecule has 0 aliphatic carbocycles. The number of para-hydroxylation sites is 2. The van der Waals surface area contributed by atoms with Crippen LogP contribution in [0.1, 0.15) is 45.4 Å². The number of nitrogens with zero attached hydrogens (tertiary/aromatic N) is 5. The highest BCUT2D eigenvalue weighted by Gasteiger charge is 2.31. The smallest absolute Gasteiger partial charge is 0.326 e. The molecule has 1 saturated heterocycles. The molecule has 4 heterocycles. The van der Waals surface area contributed by atoms with E-state index in [2.05, 4.69) is 10.1 Å². The predicted octanol–water partition coefficient (Wildman–Crippen LogP) is 2.68. The van der Waals surface area contributed by atoms with Crippen molar-refractivity contribution in [3.05, 3.63) is 76.0 Å². The number of hydrogen-bond donors (Lipinski definition) is 1. The highest BCUT2D eigenvalue weighted by atomic mass is 16.5. The summed E-state index contributed by atoms with van der Waals surface area (Å²) in [4.78, 5) is 45.6. The van der Waals surface area contributed by atoms with Gasteiger partial charge in [-0.25, -0.2) is 4.79 Å². The van der Waals surface area contributed by atoms with Gasteiger partial charge in [0, 0.05) is 44.4 Å². The Morgan fingerprint density at radius 2 is 1.69 bits per heavy atom. The summed E-state index contributed by atoms with van der Waals surface area (Å²) in [6.45, 7) is 2.39. The largest absolute Gasteiger partial charge is 0.497 e. The van der Waals surface area contributed by atoms with Crippen LogP contribution in [0.15, 0.2) is 53.3 Å². The van der Waals surface area contributed by atoms with Crippen LogP contribution in [0.4, 0.5) is 0 Å². The van der Waals surface area contributed by atoms with Gasteiger partial charge in [0.15, 0.2) is 5.69 Å². The molecule has 2 aromatic carbocycles. The molecule has 0 saturated carbocycles. The van der Waals surface area contributed by atoms with Crippen LogP contribution in [-0.2, 0) is 13.1 Å². The van der Waals surface area contributed by atoms with Crippen molar-refractivity contribution in [3.63, 3.8) is 0 Å². The number of aromatic nitrogens is 4. The number of rotatable bonds is 6. The Labute approximate surface area is 224 Å². The van der Waals surface area contributed by atoms with Crippen LogP contribution >= 0.6 is 0 Å². The van der Waals surface area contributed by atoms with Crippen LogP contribution in [-0.4, -0.2) is 74.8 Å². The van der Waals surface area contributed by atoms with Crippen LogP contribution in [0, 0.1) is 0 Å². The zero-order valence-electron chi connectivity index (χ0n) is 21.9. The van der Waals surface area contributed by atoms with Crippen LogP contribution < -0.4 is 15.2 Å². The molecule has 1 N–H and O–H groups in total. The third-order valence-electron chi connectivity index (χ3n) is 7.61. The summed E-state index contributed by atoms with van der Waals surface area (Å²) in [7, 11) is 3.18. The lowest BCUT2D eigenvalue weighted by Gasteiger charge is -2.32. The first kappa shape index (κ1) is 24.8. The summed E-state index contributed by atoms with van der Waals surface area (Å²) in [6.07, 6.45) is 1.33. The molecule has 11 heteroatoms. The standard InChI is InChI=1S/C28H30N6O5/c1-38-20-13-18(14-21(15-20)39-2)17-32-11-12-33-25(27(32)36)16-23(30-33)26(35)31-9-7-19(8-10-31)34-24-6-4-3-5-22(24)29-28(34)37/h3-6,13-16,19H,7-12,17H2,1-2H3,(H,29,37). The second kappa shape index (κ2) is 9.97. The lowest BCUT2D eigenvalue weighted by molar-refractivity contribution is 0.0671. The van der Waals surface area contributed by atoms with Gasteiger partial charge in [-0.15, -0.1) is 0 Å². The number of likely N-dealkylation sites (tertiary alicyclic amines) is 1. The highest BCUT2D eigenvalue weighted by molar-refractivity contribution is 5.98. The van der Waals surface area contributed by atoms with E-state index < -0.39 is 0 Å². The SMILES string of the molecule is COc1cc(CN2CCn3nc(C(=O)N4CCC(n5c(=O)[nH]c6ccccc65)CC4)cc3C2=O)cc(OC)c1. The fraction of sp³-hybridized carbons (Fsp3) is 0.357. The summed E-state index contributed by atoms with van der Waals surface area (Å²) in [5, 5.41) is 4.47. The lowest BCUT2D eigenvalue weighted by atomic mass is 10.0. The number of carbonyl (C=O) groups is 2. The van der Waals surface area contributed by atoms with Crippen molar-refractivity contribution < 1.29 is 19.1 Å². The van der Waals surface area contributed by atoms with E-state index in [1.54, 1.807) is 45.4 Å². The Morgan fingerprint density at radius 3 is 2.41 bits per heavy atom. The third kappa shape index (κ3) is 4.53. The summed E-state index contributed by atoms with van der Waals surface area (Å²) in [5.74, 6) is 0.945. The average Bonchev–Trinajstić information content (AvgIpc) is 3.55. The van der Waals surface area contributed by atoms with E-state index in [1.807, 2.05) is 36.4 Å². The van der Waals surface area contributed by atoms with E-state index in [0.717, 1.165) is 16.6 Å². The number of aromatic amines is 1. The maximum Gasteiger partial charge on any atom is 0.326 e. The highest BCUT2D eigenvalue weighted by Crippen LogP contribution is 2.27. The number of piperidine rings is 1. The Morgan fingerprint density at radius 1 is 0.974 bits per heavy atom. The van der Waals surface area contributed by atoms with Gasteiger partial charge in [-0.05, 0) is 42.7 Å². The molecule has 0 atom stereocenters. The number of carbonyl (C=O) groups excluding carboxylic acids is 2. The topological polar surface area (TPSA) is 115 Å². The van der Waals surface area contributed by atoms with Crippen molar-refractivity contribution in [2.45, 2.75) is 32.0 Å². The van der Waals surface area contributed by atoms with E-state index in [0.29, 0.717) is 62.8 Å². The minimum absolute atomic E-state index is 0.0123. The molecule has 2 aliphatic heterocycles. The number of hydrogen-bond acceptors (Lipinski definition) is 6. The fourth-order valence-electron chi connectivity index (χ4n) is 5.60. The van der Waals surface area contributed by atoms with Crippen LogP contribution in [0.2, 0.25) is 0 Å². The molecule has 1 fully saturated rings. The maximum atomic E-state index is 13.3. The van der Waals surface area contributed by atoms with E-state index >= 15 is 0 Å². The van der Waals surface area contributed by atoms with Gasteiger partial charge >= 0.3 is 5.69 Å². The van der Waals surface area contributed by atoms with Gasteiger partial charge in [0.1, 0.15) is 17.2 Å². The fourth-order valence-corrected chi connectivity index (χ4v) is 5.60. The Kier molecular flexibility index (Phi) is 6.34. The lowest BCUT2D eigenvalue weighted by Crippen LogP contribution is -2.40. The van der Waals surface area contributed by atoms with Gasteiger partial charge in [0.05, 0.1) is 31.8 Å². The van der Waals surface area contributed by atoms with Crippen molar-refractivity contribution in [1.29, 1.82) is 0 Å². The molecule has 11 nitrogen and oxygen atoms in total. The molecule has 2 amide bonds. The molecule has 0 spiro atoms. The van der Waals surface area contributed by atoms with Crippen LogP contribution in [0.3, 0.4) is 0 Å². The van der Waals surface area contributed by atoms with Crippen molar-refractivity contribution >= 4 is 22.8 Å². The van der Waals surface area contributed by atoms with Gasteiger partial charge in [-0.1, -0.05) is 12.1 Å². The molecular weight excluding hydrogens is 500 g/mol. The first-order chi connectivity index (χ1) is 18.9. The van der Waals surface area contributed by atoms with Gasteiger partial charge in [-0.3, -0.25) is 18.8 Å². The van der Waals surface area contributed by atoms with Crippen molar-refractivity contribution in [1.82, 2.24) is 29.1 Å². The molecule has 4 aromatic rings. The number of amides is 2. The number of nitrogens with one attached hydrogen (secondary N) is 1. The molecule has 0 radical (unpaired) electrons. The molecule has 0 unspecified atom stereocenters. The van der Waals surface area contributed by atoms with Gasteiger partial charge < -0.3 is 24.3 Å². The predicted molar refractivity (Wildman–Crippen MR) is 143 cm³/mol. The summed E-state index contributed by atoms with van der Waals surface area (Å²) < 4.78 is 14.1. The Hall–Kier alpha value is -4.54. The minimum Gasteiger partial charge on any atom is -0.497 e.